The third kappa shape index (κ3) is 11.7. The Bertz CT molecular complexity index is 1830. The maximum Gasteiger partial charge on any atom is 0.311 e. The molecule has 420 valence electrons. The van der Waals surface area contributed by atoms with Crippen molar-refractivity contribution in [1.82, 2.24) is 0 Å². The SMILES string of the molecule is CCC(C)(C)C(=O)OC1CCC2(C)C(CCC3C2CC(O)C2(C)C(C(C)CCCOOC)CCC32)C1.CCCCCCC(C)C1CCC2C3CCC4CC(OC(=O)C(C)C(C)C(=O)O)CCC4(C)C3CCC12C. The number of ether oxygens (including phenoxy) is 2. The topological polar surface area (TPSA) is 129 Å². The van der Waals surface area contributed by atoms with Crippen LogP contribution in [0.25, 0.3) is 0 Å². The minimum absolute atomic E-state index is 0.0314. The van der Waals surface area contributed by atoms with Crippen LogP contribution in [0.3, 0.4) is 0 Å². The second-order valence-corrected chi connectivity index (χ2v) is 28.6. The lowest BCUT2D eigenvalue weighted by Crippen LogP contribution is -2.59. The molecule has 8 saturated carbocycles. The molecule has 0 heterocycles. The van der Waals surface area contributed by atoms with Crippen LogP contribution in [0.5, 0.6) is 0 Å². The van der Waals surface area contributed by atoms with E-state index >= 15 is 0 Å². The molecule has 21 atom stereocenters. The van der Waals surface area contributed by atoms with E-state index < -0.39 is 23.2 Å². The van der Waals surface area contributed by atoms with E-state index in [1.807, 2.05) is 13.8 Å². The molecule has 8 aliphatic rings. The van der Waals surface area contributed by atoms with E-state index in [2.05, 4.69) is 55.4 Å². The Morgan fingerprint density at radius 1 is 0.603 bits per heavy atom. The zero-order chi connectivity index (χ0) is 53.3. The van der Waals surface area contributed by atoms with Crippen LogP contribution in [-0.4, -0.2) is 60.1 Å². The van der Waals surface area contributed by atoms with Crippen LogP contribution >= 0.6 is 0 Å². The van der Waals surface area contributed by atoms with E-state index in [1.165, 1.54) is 96.3 Å². The molecule has 8 rings (SSSR count). The van der Waals surface area contributed by atoms with Crippen molar-refractivity contribution in [2.45, 2.75) is 262 Å². The Hall–Kier alpha value is -1.71. The zero-order valence-corrected chi connectivity index (χ0v) is 49.0. The average molecular weight is 1020 g/mol. The van der Waals surface area contributed by atoms with E-state index in [1.54, 1.807) is 21.0 Å². The predicted octanol–water partition coefficient (Wildman–Crippen LogP) is 15.5. The van der Waals surface area contributed by atoms with Crippen molar-refractivity contribution in [3.63, 3.8) is 0 Å². The number of aliphatic carboxylic acids is 1. The molecule has 0 aliphatic heterocycles. The van der Waals surface area contributed by atoms with Crippen molar-refractivity contribution in [3.8, 4) is 0 Å². The van der Waals surface area contributed by atoms with Crippen molar-refractivity contribution >= 4 is 17.9 Å². The summed E-state index contributed by atoms with van der Waals surface area (Å²) >= 11 is 0. The van der Waals surface area contributed by atoms with E-state index in [0.717, 1.165) is 99.7 Å². The van der Waals surface area contributed by atoms with Crippen molar-refractivity contribution in [1.29, 1.82) is 0 Å². The molecule has 0 saturated heterocycles. The number of rotatable bonds is 19. The molecule has 0 aromatic heterocycles. The fourth-order valence-corrected chi connectivity index (χ4v) is 19.5. The van der Waals surface area contributed by atoms with Gasteiger partial charge in [-0.05, 0) is 235 Å². The van der Waals surface area contributed by atoms with Crippen LogP contribution in [0.4, 0.5) is 0 Å². The molecule has 0 aromatic rings. The molecule has 0 amide bonds. The normalized spacial score (nSPS) is 42.4. The van der Waals surface area contributed by atoms with Gasteiger partial charge in [0, 0.05) is 0 Å². The lowest BCUT2D eigenvalue weighted by Gasteiger charge is -2.62. The molecule has 73 heavy (non-hydrogen) atoms. The second kappa shape index (κ2) is 24.1. The van der Waals surface area contributed by atoms with Crippen LogP contribution in [0.15, 0.2) is 0 Å². The number of aliphatic hydroxyl groups excluding tert-OH is 1. The summed E-state index contributed by atoms with van der Waals surface area (Å²) in [6, 6.07) is 0. The maximum absolute atomic E-state index is 12.8. The van der Waals surface area contributed by atoms with Crippen molar-refractivity contribution < 1.29 is 43.8 Å². The summed E-state index contributed by atoms with van der Waals surface area (Å²) in [7, 11) is 1.57. The summed E-state index contributed by atoms with van der Waals surface area (Å²) < 4.78 is 12.0. The molecule has 2 N–H and O–H groups in total. The minimum atomic E-state index is -0.927. The number of esters is 2. The molecule has 8 aliphatic carbocycles. The Morgan fingerprint density at radius 3 is 1.77 bits per heavy atom. The maximum atomic E-state index is 12.8. The molecule has 8 fully saturated rings. The minimum Gasteiger partial charge on any atom is -0.481 e. The second-order valence-electron chi connectivity index (χ2n) is 28.6. The van der Waals surface area contributed by atoms with Gasteiger partial charge < -0.3 is 19.7 Å². The van der Waals surface area contributed by atoms with Crippen molar-refractivity contribution in [2.75, 3.05) is 13.7 Å². The molecule has 9 heteroatoms. The van der Waals surface area contributed by atoms with Gasteiger partial charge in [0.2, 0.25) is 0 Å². The molecule has 0 spiro atoms. The van der Waals surface area contributed by atoms with Crippen LogP contribution in [0, 0.1) is 110 Å². The summed E-state index contributed by atoms with van der Waals surface area (Å²) in [4.78, 5) is 46.6. The largest absolute Gasteiger partial charge is 0.481 e. The zero-order valence-electron chi connectivity index (χ0n) is 49.0. The van der Waals surface area contributed by atoms with E-state index in [0.29, 0.717) is 52.9 Å². The Kier molecular flexibility index (Phi) is 19.5. The fraction of sp³-hybridized carbons (Fsp3) is 0.953. The average Bonchev–Trinajstić information content (AvgIpc) is 3.92. The van der Waals surface area contributed by atoms with Gasteiger partial charge in [-0.2, -0.15) is 0 Å². The number of carbonyl (C=O) groups is 3. The van der Waals surface area contributed by atoms with Gasteiger partial charge >= 0.3 is 17.9 Å². The lowest BCUT2D eigenvalue weighted by atomic mass is 9.43. The first-order valence-electron chi connectivity index (χ1n) is 31.0. The van der Waals surface area contributed by atoms with Crippen LogP contribution in [0.2, 0.25) is 0 Å². The van der Waals surface area contributed by atoms with E-state index in [4.69, 9.17) is 19.2 Å². The van der Waals surface area contributed by atoms with Crippen LogP contribution in [-0.2, 0) is 33.6 Å². The standard InChI is InChI=1S/C33H56O4.C31H54O5/c1-7-8-9-10-11-21(2)27-14-15-28-26-13-12-24-20-25(37-31(36)23(4)22(3)30(34)35)16-18-32(24,5)29(26)17-19-33(27,28)6;1-8-29(3,4)28(33)36-22-15-16-30(5)21(18-22)11-12-23-25-14-13-24(20(2)10-9-17-35-34-7)31(25,6)27(32)19-26(23)30/h21-29H,7-20H2,1-6H3,(H,34,35);20-27,32H,8-19H2,1-7H3. The molecule has 0 radical (unpaired) electrons. The van der Waals surface area contributed by atoms with Gasteiger partial charge in [-0.15, -0.1) is 0 Å². The van der Waals surface area contributed by atoms with E-state index in [-0.39, 0.29) is 41.1 Å². The quantitative estimate of drug-likeness (QED) is 0.0562. The van der Waals surface area contributed by atoms with Gasteiger partial charge in [-0.3, -0.25) is 14.4 Å². The molecule has 21 unspecified atom stereocenters. The Labute approximate surface area is 445 Å². The van der Waals surface area contributed by atoms with Gasteiger partial charge in [-0.25, -0.2) is 9.78 Å². The number of hydrogen-bond donors (Lipinski definition) is 2. The Morgan fingerprint density at radius 2 is 1.15 bits per heavy atom. The number of carboxylic acid groups (broad SMARTS) is 1. The summed E-state index contributed by atoms with van der Waals surface area (Å²) in [6.45, 7) is 27.5. The highest BCUT2D eigenvalue weighted by molar-refractivity contribution is 5.80. The number of carbonyl (C=O) groups excluding carboxylic acids is 2. The molecular formula is C64H110O9. The van der Waals surface area contributed by atoms with Gasteiger partial charge in [-0.1, -0.05) is 101 Å². The van der Waals surface area contributed by atoms with Gasteiger partial charge in [0.25, 0.3) is 0 Å². The third-order valence-electron chi connectivity index (χ3n) is 24.9. The summed E-state index contributed by atoms with van der Waals surface area (Å²) in [5.74, 6) is 6.17. The first kappa shape index (κ1) is 59.0. The van der Waals surface area contributed by atoms with Crippen molar-refractivity contribution in [2.24, 2.45) is 110 Å². The van der Waals surface area contributed by atoms with Gasteiger partial charge in [0.15, 0.2) is 0 Å². The summed E-state index contributed by atoms with van der Waals surface area (Å²) in [5, 5.41) is 21.1. The monoisotopic (exact) mass is 1020 g/mol. The van der Waals surface area contributed by atoms with Crippen LogP contribution in [0.1, 0.15) is 244 Å². The molecular weight excluding hydrogens is 913 g/mol. The lowest BCUT2D eigenvalue weighted by molar-refractivity contribution is -0.273. The number of fused-ring (bicyclic) bond motifs is 10. The first-order valence-corrected chi connectivity index (χ1v) is 31.0. The van der Waals surface area contributed by atoms with Gasteiger partial charge in [0.05, 0.1) is 37.1 Å². The first-order chi connectivity index (χ1) is 34.5. The fourth-order valence-electron chi connectivity index (χ4n) is 19.5. The number of unbranched alkanes of at least 4 members (excludes halogenated alkanes) is 3. The highest BCUT2D eigenvalue weighted by Gasteiger charge is 2.65. The van der Waals surface area contributed by atoms with E-state index in [9.17, 15) is 24.6 Å². The van der Waals surface area contributed by atoms with Gasteiger partial charge in [0.1, 0.15) is 12.2 Å². The van der Waals surface area contributed by atoms with Crippen LogP contribution < -0.4 is 0 Å². The number of hydrogen-bond acceptors (Lipinski definition) is 8. The van der Waals surface area contributed by atoms with Crippen molar-refractivity contribution in [3.05, 3.63) is 0 Å². The Balaban J connectivity index is 0.000000214. The molecule has 0 bridgehead atoms. The smallest absolute Gasteiger partial charge is 0.311 e. The third-order valence-corrected chi connectivity index (χ3v) is 24.9. The summed E-state index contributed by atoms with van der Waals surface area (Å²) in [6.07, 6.45) is 30.2. The number of carboxylic acids is 1. The molecule has 9 nitrogen and oxygen atoms in total. The predicted molar refractivity (Wildman–Crippen MR) is 291 cm³/mol. The number of aliphatic hydroxyl groups is 1. The highest BCUT2D eigenvalue weighted by Crippen LogP contribution is 2.70. The highest BCUT2D eigenvalue weighted by atomic mass is 17.2. The molecule has 0 aromatic carbocycles. The summed E-state index contributed by atoms with van der Waals surface area (Å²) in [5.41, 5.74) is 0.804.